The van der Waals surface area contributed by atoms with Gasteiger partial charge in [0.2, 0.25) is 0 Å². The number of aromatic nitrogens is 2. The highest BCUT2D eigenvalue weighted by atomic mass is 16.5. The van der Waals surface area contributed by atoms with Crippen molar-refractivity contribution in [2.75, 3.05) is 11.9 Å². The molecule has 0 saturated heterocycles. The quantitative estimate of drug-likeness (QED) is 0.935. The van der Waals surface area contributed by atoms with E-state index in [0.29, 0.717) is 36.1 Å². The van der Waals surface area contributed by atoms with Gasteiger partial charge in [0.25, 0.3) is 5.91 Å². The minimum absolute atomic E-state index is 0.177. The van der Waals surface area contributed by atoms with Crippen molar-refractivity contribution < 1.29 is 14.3 Å². The molecule has 126 valence electrons. The van der Waals surface area contributed by atoms with Crippen LogP contribution in [0.3, 0.4) is 0 Å². The van der Waals surface area contributed by atoms with E-state index in [-0.39, 0.29) is 5.91 Å². The average molecular weight is 327 g/mol. The lowest BCUT2D eigenvalue weighted by Crippen LogP contribution is -2.36. The summed E-state index contributed by atoms with van der Waals surface area (Å²) >= 11 is 0. The van der Waals surface area contributed by atoms with Crippen molar-refractivity contribution in [1.29, 1.82) is 0 Å². The van der Waals surface area contributed by atoms with Crippen molar-refractivity contribution in [3.05, 3.63) is 41.2 Å². The molecule has 6 nitrogen and oxygen atoms in total. The molecule has 1 N–H and O–H groups in total. The molecule has 24 heavy (non-hydrogen) atoms. The molecule has 0 bridgehead atoms. The van der Waals surface area contributed by atoms with Crippen LogP contribution in [-0.4, -0.2) is 28.6 Å². The first-order valence-electron chi connectivity index (χ1n) is 8.12. The predicted octanol–water partition coefficient (Wildman–Crippen LogP) is 2.82. The first kappa shape index (κ1) is 16.2. The fourth-order valence-electron chi connectivity index (χ4n) is 2.77. The van der Waals surface area contributed by atoms with E-state index in [4.69, 9.17) is 9.47 Å². The number of aryl methyl sites for hydroxylation is 3. The van der Waals surface area contributed by atoms with Crippen molar-refractivity contribution in [3.8, 4) is 11.8 Å². The molecule has 0 aliphatic carbocycles. The zero-order valence-corrected chi connectivity index (χ0v) is 14.1. The van der Waals surface area contributed by atoms with Gasteiger partial charge in [0.1, 0.15) is 5.75 Å². The van der Waals surface area contributed by atoms with E-state index in [2.05, 4.69) is 15.3 Å². The number of fused-ring (bicyclic) bond motifs is 1. The van der Waals surface area contributed by atoms with Gasteiger partial charge in [0.15, 0.2) is 6.10 Å². The number of nitrogens with one attached hydrogen (secondary N) is 1. The van der Waals surface area contributed by atoms with E-state index < -0.39 is 6.10 Å². The molecule has 0 spiro atoms. The van der Waals surface area contributed by atoms with Crippen molar-refractivity contribution in [1.82, 2.24) is 9.97 Å². The van der Waals surface area contributed by atoms with Gasteiger partial charge in [-0.05, 0) is 45.2 Å². The number of carbonyl (C=O) groups is 1. The predicted molar refractivity (Wildman–Crippen MR) is 90.5 cm³/mol. The molecule has 0 fully saturated rings. The maximum Gasteiger partial charge on any atom is 0.316 e. The fourth-order valence-corrected chi connectivity index (χ4v) is 2.77. The topological polar surface area (TPSA) is 73.3 Å². The molecular weight excluding hydrogens is 306 g/mol. The number of para-hydroxylation sites is 1. The number of amides is 1. The van der Waals surface area contributed by atoms with Crippen LogP contribution >= 0.6 is 0 Å². The Bertz CT molecular complexity index is 738. The minimum atomic E-state index is -0.509. The summed E-state index contributed by atoms with van der Waals surface area (Å²) in [4.78, 5) is 21.1. The van der Waals surface area contributed by atoms with E-state index in [1.54, 1.807) is 0 Å². The summed E-state index contributed by atoms with van der Waals surface area (Å²) < 4.78 is 11.2. The lowest BCUT2D eigenvalue weighted by atomic mass is 10.0. The Morgan fingerprint density at radius 2 is 2.00 bits per heavy atom. The maximum atomic E-state index is 12.6. The second-order valence-corrected chi connectivity index (χ2v) is 5.73. The van der Waals surface area contributed by atoms with Crippen molar-refractivity contribution in [2.24, 2.45) is 0 Å². The Balaban J connectivity index is 1.74. The zero-order chi connectivity index (χ0) is 17.1. The van der Waals surface area contributed by atoms with Crippen LogP contribution in [0.1, 0.15) is 30.3 Å². The number of ether oxygens (including phenoxy) is 2. The average Bonchev–Trinajstić information content (AvgIpc) is 2.58. The summed E-state index contributed by atoms with van der Waals surface area (Å²) in [6.45, 7) is 6.02. The van der Waals surface area contributed by atoms with E-state index in [9.17, 15) is 4.79 Å². The largest absolute Gasteiger partial charge is 0.480 e. The third kappa shape index (κ3) is 3.32. The van der Waals surface area contributed by atoms with E-state index >= 15 is 0 Å². The Morgan fingerprint density at radius 1 is 1.29 bits per heavy atom. The van der Waals surface area contributed by atoms with Crippen molar-refractivity contribution in [3.63, 3.8) is 0 Å². The molecule has 2 aromatic rings. The molecule has 2 heterocycles. The molecule has 1 unspecified atom stereocenters. The van der Waals surface area contributed by atoms with Gasteiger partial charge in [0.05, 0.1) is 23.7 Å². The number of rotatable bonds is 4. The summed E-state index contributed by atoms with van der Waals surface area (Å²) in [6.07, 6.45) is 0.968. The molecule has 1 aliphatic rings. The third-order valence-corrected chi connectivity index (χ3v) is 3.98. The van der Waals surface area contributed by atoms with Gasteiger partial charge >= 0.3 is 6.01 Å². The highest BCUT2D eigenvalue weighted by Crippen LogP contribution is 2.28. The fraction of sp³-hybridized carbons (Fsp3) is 0.389. The van der Waals surface area contributed by atoms with Gasteiger partial charge in [0, 0.05) is 0 Å². The summed E-state index contributed by atoms with van der Waals surface area (Å²) in [7, 11) is 0. The second-order valence-electron chi connectivity index (χ2n) is 5.73. The summed E-state index contributed by atoms with van der Waals surface area (Å²) in [6, 6.07) is 8.14. The molecule has 1 atom stereocenters. The lowest BCUT2D eigenvalue weighted by Gasteiger charge is -2.25. The zero-order valence-electron chi connectivity index (χ0n) is 14.1. The highest BCUT2D eigenvalue weighted by molar-refractivity contribution is 5.95. The van der Waals surface area contributed by atoms with Gasteiger partial charge in [-0.2, -0.15) is 9.97 Å². The van der Waals surface area contributed by atoms with Crippen molar-refractivity contribution >= 4 is 11.6 Å². The van der Waals surface area contributed by atoms with Crippen LogP contribution in [0.4, 0.5) is 5.69 Å². The van der Waals surface area contributed by atoms with Gasteiger partial charge in [-0.25, -0.2) is 0 Å². The van der Waals surface area contributed by atoms with Crippen LogP contribution in [0, 0.1) is 13.8 Å². The van der Waals surface area contributed by atoms with Crippen LogP contribution in [0.2, 0.25) is 0 Å². The maximum absolute atomic E-state index is 12.6. The SMILES string of the molecule is CCOc1nc(C)c(NC(=O)C2CCc3ccccc3O2)c(C)n1. The second kappa shape index (κ2) is 6.86. The molecule has 1 aromatic carbocycles. The molecule has 0 saturated carbocycles. The van der Waals surface area contributed by atoms with Crippen LogP contribution in [0.25, 0.3) is 0 Å². The first-order valence-corrected chi connectivity index (χ1v) is 8.12. The Hall–Kier alpha value is -2.63. The number of carbonyl (C=O) groups excluding carboxylic acids is 1. The van der Waals surface area contributed by atoms with Crippen LogP contribution < -0.4 is 14.8 Å². The summed E-state index contributed by atoms with van der Waals surface area (Å²) in [5.41, 5.74) is 3.11. The monoisotopic (exact) mass is 327 g/mol. The van der Waals surface area contributed by atoms with Crippen LogP contribution in [0.5, 0.6) is 11.8 Å². The Labute approximate surface area is 141 Å². The molecule has 0 radical (unpaired) electrons. The first-order chi connectivity index (χ1) is 11.6. The van der Waals surface area contributed by atoms with Gasteiger partial charge < -0.3 is 14.8 Å². The Morgan fingerprint density at radius 3 is 2.71 bits per heavy atom. The third-order valence-electron chi connectivity index (χ3n) is 3.98. The smallest absolute Gasteiger partial charge is 0.316 e. The number of anilines is 1. The number of hydrogen-bond acceptors (Lipinski definition) is 5. The van der Waals surface area contributed by atoms with Gasteiger partial charge in [-0.1, -0.05) is 18.2 Å². The standard InChI is InChI=1S/C18H21N3O3/c1-4-23-18-19-11(2)16(12(3)20-18)21-17(22)15-10-9-13-7-5-6-8-14(13)24-15/h5-8,15H,4,9-10H2,1-3H3,(H,21,22). The van der Waals surface area contributed by atoms with Gasteiger partial charge in [-0.15, -0.1) is 0 Å². The van der Waals surface area contributed by atoms with Crippen LogP contribution in [0.15, 0.2) is 24.3 Å². The molecule has 6 heteroatoms. The summed E-state index contributed by atoms with van der Waals surface area (Å²) in [5, 5.41) is 2.90. The Kier molecular flexibility index (Phi) is 4.64. The van der Waals surface area contributed by atoms with Crippen LogP contribution in [-0.2, 0) is 11.2 Å². The normalized spacial score (nSPS) is 16.0. The molecule has 1 amide bonds. The molecule has 1 aromatic heterocycles. The number of nitrogens with zero attached hydrogens (tertiary/aromatic N) is 2. The molecular formula is C18H21N3O3. The van der Waals surface area contributed by atoms with Gasteiger partial charge in [-0.3, -0.25) is 4.79 Å². The van der Waals surface area contributed by atoms with E-state index in [1.165, 1.54) is 0 Å². The molecule has 3 rings (SSSR count). The highest BCUT2D eigenvalue weighted by Gasteiger charge is 2.27. The number of hydrogen-bond donors (Lipinski definition) is 1. The van der Waals surface area contributed by atoms with E-state index in [0.717, 1.165) is 17.7 Å². The van der Waals surface area contributed by atoms with E-state index in [1.807, 2.05) is 45.0 Å². The molecule has 1 aliphatic heterocycles. The van der Waals surface area contributed by atoms with Crippen molar-refractivity contribution in [2.45, 2.75) is 39.7 Å². The number of benzene rings is 1. The minimum Gasteiger partial charge on any atom is -0.480 e. The summed E-state index contributed by atoms with van der Waals surface area (Å²) in [5.74, 6) is 0.601. The lowest BCUT2D eigenvalue weighted by molar-refractivity contribution is -0.123.